The first-order valence-electron chi connectivity index (χ1n) is 5.44. The van der Waals surface area contributed by atoms with Crippen LogP contribution >= 0.6 is 0 Å². The van der Waals surface area contributed by atoms with Crippen molar-refractivity contribution in [2.24, 2.45) is 10.9 Å². The van der Waals surface area contributed by atoms with Gasteiger partial charge in [-0.25, -0.2) is 0 Å². The van der Waals surface area contributed by atoms with Gasteiger partial charge in [-0.05, 0) is 11.5 Å². The van der Waals surface area contributed by atoms with Crippen molar-refractivity contribution in [2.45, 2.75) is 6.42 Å². The van der Waals surface area contributed by atoms with Crippen LogP contribution in [0.25, 0.3) is 10.8 Å². The third kappa shape index (κ3) is 2.57. The number of nitrogens with zero attached hydrogens (tertiary/aromatic N) is 1. The van der Waals surface area contributed by atoms with Crippen molar-refractivity contribution < 1.29 is 10.0 Å². The molecule has 5 heteroatoms. The van der Waals surface area contributed by atoms with Crippen molar-refractivity contribution in [3.05, 3.63) is 42.5 Å². The molecule has 2 aromatic rings. The van der Waals surface area contributed by atoms with Crippen molar-refractivity contribution in [2.75, 3.05) is 5.32 Å². The third-order valence-corrected chi connectivity index (χ3v) is 2.53. The fraction of sp³-hybridized carbons (Fsp3) is 0.0769. The van der Waals surface area contributed by atoms with Gasteiger partial charge in [0.2, 0.25) is 5.91 Å². The number of amidine groups is 1. The second-order valence-corrected chi connectivity index (χ2v) is 3.84. The van der Waals surface area contributed by atoms with E-state index in [2.05, 4.69) is 10.5 Å². The van der Waals surface area contributed by atoms with E-state index >= 15 is 0 Å². The molecule has 4 N–H and O–H groups in total. The molecule has 1 amide bonds. The molecule has 0 unspecified atom stereocenters. The molecule has 0 radical (unpaired) electrons. The molecule has 0 aliphatic heterocycles. The maximum atomic E-state index is 11.6. The van der Waals surface area contributed by atoms with Gasteiger partial charge >= 0.3 is 0 Å². The lowest BCUT2D eigenvalue weighted by molar-refractivity contribution is -0.115. The van der Waals surface area contributed by atoms with Crippen molar-refractivity contribution in [3.8, 4) is 0 Å². The second kappa shape index (κ2) is 5.18. The fourth-order valence-corrected chi connectivity index (χ4v) is 1.73. The molecule has 0 atom stereocenters. The normalized spacial score (nSPS) is 11.4. The Morgan fingerprint density at radius 2 is 1.94 bits per heavy atom. The van der Waals surface area contributed by atoms with E-state index in [-0.39, 0.29) is 18.2 Å². The minimum atomic E-state index is -0.318. The van der Waals surface area contributed by atoms with Gasteiger partial charge in [0, 0.05) is 11.1 Å². The summed E-state index contributed by atoms with van der Waals surface area (Å²) in [5.41, 5.74) is 5.99. The molecule has 5 nitrogen and oxygen atoms in total. The minimum absolute atomic E-state index is 0.118. The first kappa shape index (κ1) is 11.9. The number of amides is 1. The van der Waals surface area contributed by atoms with Crippen LogP contribution in [0.15, 0.2) is 47.6 Å². The number of rotatable bonds is 3. The molecule has 0 saturated heterocycles. The van der Waals surface area contributed by atoms with Gasteiger partial charge in [-0.3, -0.25) is 4.79 Å². The van der Waals surface area contributed by atoms with E-state index in [0.29, 0.717) is 5.69 Å². The molecule has 0 spiro atoms. The average molecular weight is 243 g/mol. The Morgan fingerprint density at radius 3 is 2.72 bits per heavy atom. The number of fused-ring (bicyclic) bond motifs is 1. The number of benzene rings is 2. The van der Waals surface area contributed by atoms with Crippen LogP contribution in [0.4, 0.5) is 5.69 Å². The number of nitrogens with one attached hydrogen (secondary N) is 1. The monoisotopic (exact) mass is 243 g/mol. The summed E-state index contributed by atoms with van der Waals surface area (Å²) < 4.78 is 0. The lowest BCUT2D eigenvalue weighted by Gasteiger charge is -2.08. The number of oxime groups is 1. The molecule has 0 heterocycles. The summed E-state index contributed by atoms with van der Waals surface area (Å²) >= 11 is 0. The van der Waals surface area contributed by atoms with Gasteiger partial charge in [0.1, 0.15) is 5.84 Å². The van der Waals surface area contributed by atoms with Gasteiger partial charge in [-0.1, -0.05) is 41.6 Å². The Morgan fingerprint density at radius 1 is 1.22 bits per heavy atom. The number of anilines is 1. The average Bonchev–Trinajstić information content (AvgIpc) is 2.39. The van der Waals surface area contributed by atoms with Gasteiger partial charge in [0.25, 0.3) is 0 Å². The minimum Gasteiger partial charge on any atom is -0.409 e. The highest BCUT2D eigenvalue weighted by Crippen LogP contribution is 2.22. The van der Waals surface area contributed by atoms with Crippen molar-refractivity contribution in [1.29, 1.82) is 0 Å². The molecule has 2 aromatic carbocycles. The molecule has 0 fully saturated rings. The van der Waals surface area contributed by atoms with Crippen LogP contribution in [-0.2, 0) is 4.79 Å². The molecule has 0 aliphatic rings. The van der Waals surface area contributed by atoms with E-state index in [1.54, 1.807) is 0 Å². The van der Waals surface area contributed by atoms with Crippen LogP contribution in [0.1, 0.15) is 6.42 Å². The third-order valence-electron chi connectivity index (χ3n) is 2.53. The van der Waals surface area contributed by atoms with Crippen LogP contribution < -0.4 is 11.1 Å². The Kier molecular flexibility index (Phi) is 3.43. The number of nitrogens with two attached hydrogens (primary N) is 1. The lowest BCUT2D eigenvalue weighted by atomic mass is 10.1. The lowest BCUT2D eigenvalue weighted by Crippen LogP contribution is -2.22. The summed E-state index contributed by atoms with van der Waals surface area (Å²) in [4.78, 5) is 11.6. The summed E-state index contributed by atoms with van der Waals surface area (Å²) in [6.07, 6.45) is -0.139. The van der Waals surface area contributed by atoms with Crippen molar-refractivity contribution in [1.82, 2.24) is 0 Å². The summed E-state index contributed by atoms with van der Waals surface area (Å²) in [7, 11) is 0. The molecular formula is C13H13N3O2. The van der Waals surface area contributed by atoms with Crippen LogP contribution in [0, 0.1) is 0 Å². The molecule has 0 bridgehead atoms. The molecule has 92 valence electrons. The largest absolute Gasteiger partial charge is 0.409 e. The van der Waals surface area contributed by atoms with E-state index in [1.165, 1.54) is 0 Å². The number of carbonyl (C=O) groups is 1. The van der Waals surface area contributed by atoms with Crippen LogP contribution in [0.3, 0.4) is 0 Å². The number of carbonyl (C=O) groups excluding carboxylic acids is 1. The summed E-state index contributed by atoms with van der Waals surface area (Å²) in [6, 6.07) is 13.4. The quantitative estimate of drug-likeness (QED) is 0.333. The number of hydrogen-bond donors (Lipinski definition) is 3. The maximum Gasteiger partial charge on any atom is 0.232 e. The maximum absolute atomic E-state index is 11.6. The smallest absolute Gasteiger partial charge is 0.232 e. The van der Waals surface area contributed by atoms with E-state index < -0.39 is 0 Å². The summed E-state index contributed by atoms with van der Waals surface area (Å²) in [5, 5.41) is 15.9. The van der Waals surface area contributed by atoms with Gasteiger partial charge in [-0.15, -0.1) is 0 Å². The van der Waals surface area contributed by atoms with Gasteiger partial charge in [0.05, 0.1) is 6.42 Å². The molecule has 0 aromatic heterocycles. The van der Waals surface area contributed by atoms with E-state index in [4.69, 9.17) is 10.9 Å². The van der Waals surface area contributed by atoms with E-state index in [9.17, 15) is 4.79 Å². The predicted octanol–water partition coefficient (Wildman–Crippen LogP) is 1.91. The Bertz CT molecular complexity index is 603. The zero-order valence-electron chi connectivity index (χ0n) is 9.63. The highest BCUT2D eigenvalue weighted by Gasteiger charge is 2.07. The van der Waals surface area contributed by atoms with Gasteiger partial charge in [0.15, 0.2) is 0 Å². The van der Waals surface area contributed by atoms with E-state index in [0.717, 1.165) is 10.8 Å². The molecule has 2 rings (SSSR count). The first-order chi connectivity index (χ1) is 8.70. The predicted molar refractivity (Wildman–Crippen MR) is 70.6 cm³/mol. The summed E-state index contributed by atoms with van der Waals surface area (Å²) in [5.74, 6) is -0.436. The van der Waals surface area contributed by atoms with E-state index in [1.807, 2.05) is 42.5 Å². The Labute approximate surface area is 104 Å². The summed E-state index contributed by atoms with van der Waals surface area (Å²) in [6.45, 7) is 0. The number of hydrogen-bond acceptors (Lipinski definition) is 3. The second-order valence-electron chi connectivity index (χ2n) is 3.84. The SMILES string of the molecule is NC(CC(=O)Nc1cccc2ccccc12)=NO. The van der Waals surface area contributed by atoms with Crippen LogP contribution in [0.5, 0.6) is 0 Å². The standard InChI is InChI=1S/C13H13N3O2/c14-12(16-18)8-13(17)15-11-7-3-5-9-4-1-2-6-10(9)11/h1-7,18H,8H2,(H2,14,16)(H,15,17). The first-order valence-corrected chi connectivity index (χ1v) is 5.44. The zero-order valence-corrected chi connectivity index (χ0v) is 9.63. The fourth-order valence-electron chi connectivity index (χ4n) is 1.73. The van der Waals surface area contributed by atoms with Gasteiger partial charge in [-0.2, -0.15) is 0 Å². The van der Waals surface area contributed by atoms with Crippen LogP contribution in [-0.4, -0.2) is 17.0 Å². The Hall–Kier alpha value is -2.56. The van der Waals surface area contributed by atoms with Gasteiger partial charge < -0.3 is 16.3 Å². The highest BCUT2D eigenvalue weighted by atomic mass is 16.4. The van der Waals surface area contributed by atoms with Crippen LogP contribution in [0.2, 0.25) is 0 Å². The molecule has 18 heavy (non-hydrogen) atoms. The molecule has 0 saturated carbocycles. The highest BCUT2D eigenvalue weighted by molar-refractivity contribution is 6.08. The Balaban J connectivity index is 2.24. The zero-order chi connectivity index (χ0) is 13.0. The van der Waals surface area contributed by atoms with Crippen molar-refractivity contribution >= 4 is 28.2 Å². The molecule has 0 aliphatic carbocycles. The topological polar surface area (TPSA) is 87.7 Å². The molecular weight excluding hydrogens is 230 g/mol. The van der Waals surface area contributed by atoms with Crippen molar-refractivity contribution in [3.63, 3.8) is 0 Å².